The van der Waals surface area contributed by atoms with Crippen LogP contribution >= 0.6 is 0 Å². The number of rotatable bonds is 4. The number of amides is 1. The first-order valence-corrected chi connectivity index (χ1v) is 8.52. The third-order valence-corrected chi connectivity index (χ3v) is 4.59. The fourth-order valence-corrected chi connectivity index (χ4v) is 3.09. The van der Waals surface area contributed by atoms with E-state index >= 15 is 0 Å². The Morgan fingerprint density at radius 1 is 1.00 bits per heavy atom. The van der Waals surface area contributed by atoms with Gasteiger partial charge >= 0.3 is 0 Å². The normalized spacial score (nSPS) is 14.8. The standard InChI is InChI=1S/C20H23FN2O/c1-2-16-6-8-19(9-7-16)22-10-12-23(13-11-22)20(24)15-17-4-3-5-18(21)14-17/h3-9,14H,2,10-13,15H2,1H3. The van der Waals surface area contributed by atoms with Gasteiger partial charge in [-0.1, -0.05) is 31.2 Å². The van der Waals surface area contributed by atoms with Crippen LogP contribution in [0.1, 0.15) is 18.1 Å². The first-order chi connectivity index (χ1) is 11.7. The predicted molar refractivity (Wildman–Crippen MR) is 94.7 cm³/mol. The Morgan fingerprint density at radius 2 is 1.71 bits per heavy atom. The van der Waals surface area contributed by atoms with Gasteiger partial charge in [-0.05, 0) is 41.8 Å². The van der Waals surface area contributed by atoms with Gasteiger partial charge in [0.25, 0.3) is 0 Å². The lowest BCUT2D eigenvalue weighted by Gasteiger charge is -2.36. The van der Waals surface area contributed by atoms with E-state index in [1.165, 1.54) is 23.4 Å². The number of carbonyl (C=O) groups is 1. The van der Waals surface area contributed by atoms with Gasteiger partial charge in [0, 0.05) is 31.9 Å². The molecule has 0 spiro atoms. The lowest BCUT2D eigenvalue weighted by molar-refractivity contribution is -0.130. The van der Waals surface area contributed by atoms with Crippen LogP contribution < -0.4 is 4.90 Å². The van der Waals surface area contributed by atoms with Crippen molar-refractivity contribution in [3.8, 4) is 0 Å². The van der Waals surface area contributed by atoms with Gasteiger partial charge < -0.3 is 9.80 Å². The maximum absolute atomic E-state index is 13.2. The van der Waals surface area contributed by atoms with Crippen LogP contribution in [0.5, 0.6) is 0 Å². The van der Waals surface area contributed by atoms with Crippen molar-refractivity contribution in [1.29, 1.82) is 0 Å². The molecule has 0 bridgehead atoms. The molecule has 126 valence electrons. The Balaban J connectivity index is 1.55. The molecule has 3 nitrogen and oxygen atoms in total. The highest BCUT2D eigenvalue weighted by Crippen LogP contribution is 2.18. The van der Waals surface area contributed by atoms with Crippen LogP contribution in [0.3, 0.4) is 0 Å². The molecule has 1 fully saturated rings. The number of halogens is 1. The molecule has 0 aliphatic carbocycles. The Bertz CT molecular complexity index is 691. The summed E-state index contributed by atoms with van der Waals surface area (Å²) < 4.78 is 13.2. The van der Waals surface area contributed by atoms with Gasteiger partial charge in [0.1, 0.15) is 5.82 Å². The number of hydrogen-bond donors (Lipinski definition) is 0. The Labute approximate surface area is 142 Å². The SMILES string of the molecule is CCc1ccc(N2CCN(C(=O)Cc3cccc(F)c3)CC2)cc1. The molecule has 1 heterocycles. The van der Waals surface area contributed by atoms with Crippen molar-refractivity contribution in [2.75, 3.05) is 31.1 Å². The molecule has 24 heavy (non-hydrogen) atoms. The molecule has 1 aliphatic heterocycles. The second kappa shape index (κ2) is 7.47. The summed E-state index contributed by atoms with van der Waals surface area (Å²) >= 11 is 0. The lowest BCUT2D eigenvalue weighted by atomic mass is 10.1. The van der Waals surface area contributed by atoms with Gasteiger partial charge in [-0.2, -0.15) is 0 Å². The predicted octanol–water partition coefficient (Wildman–Crippen LogP) is 3.28. The maximum atomic E-state index is 13.2. The molecule has 0 saturated carbocycles. The van der Waals surface area contributed by atoms with Crippen LogP contribution in [0.4, 0.5) is 10.1 Å². The molecular formula is C20H23FN2O. The highest BCUT2D eigenvalue weighted by atomic mass is 19.1. The Hall–Kier alpha value is -2.36. The van der Waals surface area contributed by atoms with Crippen LogP contribution in [0.15, 0.2) is 48.5 Å². The summed E-state index contributed by atoms with van der Waals surface area (Å²) in [6.07, 6.45) is 1.31. The molecule has 0 N–H and O–H groups in total. The van der Waals surface area contributed by atoms with Gasteiger partial charge in [-0.3, -0.25) is 4.79 Å². The van der Waals surface area contributed by atoms with Gasteiger partial charge in [0.2, 0.25) is 5.91 Å². The van der Waals surface area contributed by atoms with Gasteiger partial charge in [-0.15, -0.1) is 0 Å². The number of anilines is 1. The third kappa shape index (κ3) is 3.94. The molecule has 0 aromatic heterocycles. The molecule has 0 atom stereocenters. The van der Waals surface area contributed by atoms with Crippen LogP contribution in [0.2, 0.25) is 0 Å². The monoisotopic (exact) mass is 326 g/mol. The molecule has 1 saturated heterocycles. The summed E-state index contributed by atoms with van der Waals surface area (Å²) in [5, 5.41) is 0. The second-order valence-corrected chi connectivity index (χ2v) is 6.19. The van der Waals surface area contributed by atoms with Crippen molar-refractivity contribution < 1.29 is 9.18 Å². The molecule has 1 aliphatic rings. The molecule has 2 aromatic rings. The number of piperazine rings is 1. The minimum absolute atomic E-state index is 0.0709. The highest BCUT2D eigenvalue weighted by Gasteiger charge is 2.21. The van der Waals surface area contributed by atoms with E-state index in [0.29, 0.717) is 13.1 Å². The van der Waals surface area contributed by atoms with E-state index < -0.39 is 0 Å². The van der Waals surface area contributed by atoms with Gasteiger partial charge in [0.15, 0.2) is 0 Å². The Morgan fingerprint density at radius 3 is 2.33 bits per heavy atom. The summed E-state index contributed by atoms with van der Waals surface area (Å²) in [5.41, 5.74) is 3.28. The first-order valence-electron chi connectivity index (χ1n) is 8.52. The number of aryl methyl sites for hydroxylation is 1. The summed E-state index contributed by atoms with van der Waals surface area (Å²) in [7, 11) is 0. The van der Waals surface area contributed by atoms with Crippen molar-refractivity contribution in [2.24, 2.45) is 0 Å². The van der Waals surface area contributed by atoms with Crippen LogP contribution in [0, 0.1) is 5.82 Å². The molecule has 3 rings (SSSR count). The van der Waals surface area contributed by atoms with E-state index in [0.717, 1.165) is 25.1 Å². The van der Waals surface area contributed by atoms with E-state index in [2.05, 4.69) is 36.1 Å². The minimum Gasteiger partial charge on any atom is -0.368 e. The average Bonchev–Trinajstić information content (AvgIpc) is 2.62. The van der Waals surface area contributed by atoms with Crippen LogP contribution in [0.25, 0.3) is 0 Å². The summed E-state index contributed by atoms with van der Waals surface area (Å²) in [6, 6.07) is 14.9. The lowest BCUT2D eigenvalue weighted by Crippen LogP contribution is -2.49. The summed E-state index contributed by atoms with van der Waals surface area (Å²) in [6.45, 7) is 5.24. The zero-order valence-electron chi connectivity index (χ0n) is 14.0. The van der Waals surface area contributed by atoms with Crippen molar-refractivity contribution in [3.05, 3.63) is 65.5 Å². The number of carbonyl (C=O) groups excluding carboxylic acids is 1. The topological polar surface area (TPSA) is 23.6 Å². The molecule has 0 unspecified atom stereocenters. The second-order valence-electron chi connectivity index (χ2n) is 6.19. The smallest absolute Gasteiger partial charge is 0.227 e. The van der Waals surface area contributed by atoms with E-state index in [1.807, 2.05) is 4.90 Å². The van der Waals surface area contributed by atoms with Crippen LogP contribution in [-0.2, 0) is 17.6 Å². The quantitative estimate of drug-likeness (QED) is 0.861. The highest BCUT2D eigenvalue weighted by molar-refractivity contribution is 5.79. The summed E-state index contributed by atoms with van der Waals surface area (Å²) in [5.74, 6) is -0.220. The molecule has 1 amide bonds. The van der Waals surface area contributed by atoms with Crippen molar-refractivity contribution >= 4 is 11.6 Å². The third-order valence-electron chi connectivity index (χ3n) is 4.59. The van der Waals surface area contributed by atoms with E-state index in [-0.39, 0.29) is 18.1 Å². The summed E-state index contributed by atoms with van der Waals surface area (Å²) in [4.78, 5) is 16.6. The molecule has 2 aromatic carbocycles. The van der Waals surface area contributed by atoms with Gasteiger partial charge in [0.05, 0.1) is 6.42 Å². The molecule has 4 heteroatoms. The fraction of sp³-hybridized carbons (Fsp3) is 0.350. The average molecular weight is 326 g/mol. The number of nitrogens with zero attached hydrogens (tertiary/aromatic N) is 2. The van der Waals surface area contributed by atoms with Crippen molar-refractivity contribution in [1.82, 2.24) is 4.90 Å². The number of hydrogen-bond acceptors (Lipinski definition) is 2. The van der Waals surface area contributed by atoms with E-state index in [4.69, 9.17) is 0 Å². The van der Waals surface area contributed by atoms with E-state index in [1.54, 1.807) is 12.1 Å². The van der Waals surface area contributed by atoms with Crippen LogP contribution in [-0.4, -0.2) is 37.0 Å². The largest absolute Gasteiger partial charge is 0.368 e. The molecular weight excluding hydrogens is 303 g/mol. The fourth-order valence-electron chi connectivity index (χ4n) is 3.09. The van der Waals surface area contributed by atoms with Crippen molar-refractivity contribution in [3.63, 3.8) is 0 Å². The van der Waals surface area contributed by atoms with Crippen molar-refractivity contribution in [2.45, 2.75) is 19.8 Å². The Kier molecular flexibility index (Phi) is 5.14. The number of benzene rings is 2. The molecule has 0 radical (unpaired) electrons. The zero-order chi connectivity index (χ0) is 16.9. The van der Waals surface area contributed by atoms with Gasteiger partial charge in [-0.25, -0.2) is 4.39 Å². The van der Waals surface area contributed by atoms with E-state index in [9.17, 15) is 9.18 Å². The minimum atomic E-state index is -0.291. The zero-order valence-corrected chi connectivity index (χ0v) is 14.0. The maximum Gasteiger partial charge on any atom is 0.227 e. The first kappa shape index (κ1) is 16.5.